The van der Waals surface area contributed by atoms with E-state index in [0.29, 0.717) is 11.4 Å². The molecule has 5 heteroatoms. The second kappa shape index (κ2) is 6.13. The number of thioether (sulfide) groups is 1. The summed E-state index contributed by atoms with van der Waals surface area (Å²) in [6.45, 7) is 3.95. The average molecular weight is 292 g/mol. The molecule has 0 aliphatic rings. The van der Waals surface area contributed by atoms with E-state index in [1.54, 1.807) is 19.4 Å². The van der Waals surface area contributed by atoms with Crippen LogP contribution in [0.2, 0.25) is 0 Å². The molecular formula is C15H17FN2OS. The Morgan fingerprint density at radius 3 is 2.75 bits per heavy atom. The Balaban J connectivity index is 2.19. The summed E-state index contributed by atoms with van der Waals surface area (Å²) >= 11 is 1.54. The van der Waals surface area contributed by atoms with Crippen LogP contribution in [0.5, 0.6) is 5.75 Å². The number of anilines is 1. The van der Waals surface area contributed by atoms with Gasteiger partial charge in [-0.1, -0.05) is 0 Å². The van der Waals surface area contributed by atoms with E-state index in [2.05, 4.69) is 4.98 Å². The molecule has 1 heterocycles. The molecule has 0 unspecified atom stereocenters. The molecule has 0 bridgehead atoms. The van der Waals surface area contributed by atoms with Gasteiger partial charge in [-0.3, -0.25) is 4.98 Å². The third-order valence-corrected chi connectivity index (χ3v) is 4.19. The molecule has 1 aromatic carbocycles. The maximum atomic E-state index is 13.0. The van der Waals surface area contributed by atoms with Gasteiger partial charge in [-0.2, -0.15) is 0 Å². The molecule has 0 aliphatic carbocycles. The summed E-state index contributed by atoms with van der Waals surface area (Å²) in [6, 6.07) is 4.43. The lowest BCUT2D eigenvalue weighted by Gasteiger charge is -2.12. The fourth-order valence-corrected chi connectivity index (χ4v) is 2.99. The number of aryl methyl sites for hydroxylation is 1. The van der Waals surface area contributed by atoms with Gasteiger partial charge >= 0.3 is 0 Å². The molecule has 2 rings (SSSR count). The van der Waals surface area contributed by atoms with Crippen LogP contribution in [0.25, 0.3) is 0 Å². The minimum Gasteiger partial charge on any atom is -0.496 e. The van der Waals surface area contributed by atoms with Gasteiger partial charge < -0.3 is 10.5 Å². The first-order valence-electron chi connectivity index (χ1n) is 6.19. The molecule has 20 heavy (non-hydrogen) atoms. The van der Waals surface area contributed by atoms with Crippen LogP contribution in [0.1, 0.15) is 16.8 Å². The van der Waals surface area contributed by atoms with Crippen molar-refractivity contribution in [1.29, 1.82) is 0 Å². The highest BCUT2D eigenvalue weighted by molar-refractivity contribution is 7.98. The van der Waals surface area contributed by atoms with E-state index in [4.69, 9.17) is 10.5 Å². The summed E-state index contributed by atoms with van der Waals surface area (Å²) in [5.74, 6) is 1.21. The Morgan fingerprint density at radius 1 is 1.35 bits per heavy atom. The van der Waals surface area contributed by atoms with Crippen molar-refractivity contribution in [1.82, 2.24) is 4.98 Å². The molecule has 106 valence electrons. The Kier molecular flexibility index (Phi) is 4.49. The second-order valence-corrected chi connectivity index (χ2v) is 5.53. The summed E-state index contributed by atoms with van der Waals surface area (Å²) in [6.07, 6.45) is 1.80. The highest BCUT2D eigenvalue weighted by Crippen LogP contribution is 2.31. The van der Waals surface area contributed by atoms with Gasteiger partial charge in [0, 0.05) is 33.7 Å². The number of methoxy groups -OCH3 is 1. The lowest BCUT2D eigenvalue weighted by atomic mass is 10.1. The van der Waals surface area contributed by atoms with Gasteiger partial charge in [0.15, 0.2) is 0 Å². The van der Waals surface area contributed by atoms with Crippen molar-refractivity contribution in [3.8, 4) is 5.75 Å². The number of benzene rings is 1. The van der Waals surface area contributed by atoms with Crippen LogP contribution in [-0.4, -0.2) is 12.1 Å². The standard InChI is InChI=1S/C15H17FN2OS/c1-9-7-18-13(10(2)15(9)19-3)8-20-14-5-4-11(16)6-12(14)17/h4-7H,8,17H2,1-3H3. The third-order valence-electron chi connectivity index (χ3n) is 3.09. The molecule has 0 saturated carbocycles. The minimum atomic E-state index is -0.321. The van der Waals surface area contributed by atoms with E-state index < -0.39 is 0 Å². The molecule has 0 amide bonds. The molecule has 0 spiro atoms. The summed E-state index contributed by atoms with van der Waals surface area (Å²) in [5, 5.41) is 0. The maximum Gasteiger partial charge on any atom is 0.128 e. The monoisotopic (exact) mass is 292 g/mol. The Bertz CT molecular complexity index is 632. The molecule has 0 saturated heterocycles. The maximum absolute atomic E-state index is 13.0. The second-order valence-electron chi connectivity index (χ2n) is 4.52. The average Bonchev–Trinajstić information content (AvgIpc) is 2.40. The molecular weight excluding hydrogens is 275 g/mol. The summed E-state index contributed by atoms with van der Waals surface area (Å²) < 4.78 is 18.4. The zero-order valence-electron chi connectivity index (χ0n) is 11.7. The Hall–Kier alpha value is -1.75. The Morgan fingerprint density at radius 2 is 2.10 bits per heavy atom. The number of pyridine rings is 1. The molecule has 3 nitrogen and oxygen atoms in total. The molecule has 2 aromatic rings. The van der Waals surface area contributed by atoms with Crippen LogP contribution in [0.3, 0.4) is 0 Å². The first-order valence-corrected chi connectivity index (χ1v) is 7.18. The number of halogens is 1. The van der Waals surface area contributed by atoms with E-state index in [9.17, 15) is 4.39 Å². The van der Waals surface area contributed by atoms with Crippen LogP contribution < -0.4 is 10.5 Å². The van der Waals surface area contributed by atoms with Gasteiger partial charge in [-0.15, -0.1) is 11.8 Å². The van der Waals surface area contributed by atoms with Crippen molar-refractivity contribution < 1.29 is 9.13 Å². The number of nitrogens with zero attached hydrogens (tertiary/aromatic N) is 1. The number of rotatable bonds is 4. The van der Waals surface area contributed by atoms with E-state index in [-0.39, 0.29) is 5.82 Å². The van der Waals surface area contributed by atoms with Crippen molar-refractivity contribution in [3.05, 3.63) is 47.0 Å². The van der Waals surface area contributed by atoms with Gasteiger partial charge in [0.1, 0.15) is 11.6 Å². The number of hydrogen-bond acceptors (Lipinski definition) is 4. The summed E-state index contributed by atoms with van der Waals surface area (Å²) in [5.41, 5.74) is 9.24. The first kappa shape index (κ1) is 14.7. The van der Waals surface area contributed by atoms with Crippen molar-refractivity contribution in [2.45, 2.75) is 24.5 Å². The number of nitrogen functional groups attached to an aromatic ring is 1. The van der Waals surface area contributed by atoms with Gasteiger partial charge in [0.05, 0.1) is 12.8 Å². The fourth-order valence-electron chi connectivity index (χ4n) is 2.01. The van der Waals surface area contributed by atoms with Gasteiger partial charge in [0.25, 0.3) is 0 Å². The van der Waals surface area contributed by atoms with E-state index >= 15 is 0 Å². The van der Waals surface area contributed by atoms with E-state index in [0.717, 1.165) is 27.5 Å². The van der Waals surface area contributed by atoms with Crippen LogP contribution in [0, 0.1) is 19.7 Å². The molecule has 0 atom stereocenters. The zero-order chi connectivity index (χ0) is 14.7. The largest absolute Gasteiger partial charge is 0.496 e. The molecule has 0 aliphatic heterocycles. The molecule has 1 aromatic heterocycles. The SMILES string of the molecule is COc1c(C)cnc(CSc2ccc(F)cc2N)c1C. The van der Waals surface area contributed by atoms with E-state index in [1.807, 2.05) is 13.8 Å². The zero-order valence-corrected chi connectivity index (χ0v) is 12.6. The lowest BCUT2D eigenvalue weighted by Crippen LogP contribution is -1.99. The molecule has 2 N–H and O–H groups in total. The van der Waals surface area contributed by atoms with E-state index in [1.165, 1.54) is 23.9 Å². The molecule has 0 radical (unpaired) electrons. The normalized spacial score (nSPS) is 10.6. The predicted molar refractivity (Wildman–Crippen MR) is 80.6 cm³/mol. The number of nitrogens with two attached hydrogens (primary N) is 1. The predicted octanol–water partition coefficient (Wildman–Crippen LogP) is 3.72. The van der Waals surface area contributed by atoms with Crippen molar-refractivity contribution in [3.63, 3.8) is 0 Å². The van der Waals surface area contributed by atoms with Crippen molar-refractivity contribution in [2.75, 3.05) is 12.8 Å². The topological polar surface area (TPSA) is 48.1 Å². The van der Waals surface area contributed by atoms with Crippen LogP contribution in [-0.2, 0) is 5.75 Å². The van der Waals surface area contributed by atoms with Crippen molar-refractivity contribution in [2.24, 2.45) is 0 Å². The summed E-state index contributed by atoms with van der Waals surface area (Å²) in [7, 11) is 1.66. The smallest absolute Gasteiger partial charge is 0.128 e. The fraction of sp³-hybridized carbons (Fsp3) is 0.267. The number of hydrogen-bond donors (Lipinski definition) is 1. The Labute approximate surface area is 122 Å². The van der Waals surface area contributed by atoms with Crippen LogP contribution >= 0.6 is 11.8 Å². The minimum absolute atomic E-state index is 0.321. The van der Waals surface area contributed by atoms with Crippen molar-refractivity contribution >= 4 is 17.4 Å². The number of ether oxygens (including phenoxy) is 1. The van der Waals surface area contributed by atoms with Gasteiger partial charge in [0.2, 0.25) is 0 Å². The van der Waals surface area contributed by atoms with Gasteiger partial charge in [-0.25, -0.2) is 4.39 Å². The molecule has 0 fully saturated rings. The highest BCUT2D eigenvalue weighted by atomic mass is 32.2. The lowest BCUT2D eigenvalue weighted by molar-refractivity contribution is 0.407. The first-order chi connectivity index (χ1) is 9.52. The number of aromatic nitrogens is 1. The quantitative estimate of drug-likeness (QED) is 0.689. The summed E-state index contributed by atoms with van der Waals surface area (Å²) in [4.78, 5) is 5.29. The van der Waals surface area contributed by atoms with Crippen LogP contribution in [0.4, 0.5) is 10.1 Å². The van der Waals surface area contributed by atoms with Crippen LogP contribution in [0.15, 0.2) is 29.3 Å². The highest BCUT2D eigenvalue weighted by Gasteiger charge is 2.10. The third kappa shape index (κ3) is 3.04. The van der Waals surface area contributed by atoms with Gasteiger partial charge in [-0.05, 0) is 32.0 Å².